The second-order valence-electron chi connectivity index (χ2n) is 8.41. The van der Waals surface area contributed by atoms with E-state index in [9.17, 15) is 13.8 Å². The zero-order chi connectivity index (χ0) is 24.2. The number of hydrogen-bond acceptors (Lipinski definition) is 4. The van der Waals surface area contributed by atoms with E-state index in [-0.39, 0.29) is 12.3 Å². The number of aliphatic carboxylic acids is 1. The number of amides is 1. The van der Waals surface area contributed by atoms with Crippen LogP contribution in [0, 0.1) is 0 Å². The number of anilines is 1. The molecule has 188 valence electrons. The third kappa shape index (κ3) is 17.2. The number of rotatable bonds is 21. The van der Waals surface area contributed by atoms with Gasteiger partial charge in [-0.05, 0) is 44.2 Å². The summed E-state index contributed by atoms with van der Waals surface area (Å²) >= 11 is -1.73. The summed E-state index contributed by atoms with van der Waals surface area (Å²) in [7, 11) is 0. The number of carbonyl (C=O) groups is 2. The van der Waals surface area contributed by atoms with Crippen LogP contribution in [-0.2, 0) is 20.7 Å². The molecule has 0 saturated carbocycles. The molecule has 1 atom stereocenters. The summed E-state index contributed by atoms with van der Waals surface area (Å²) < 4.78 is 25.2. The van der Waals surface area contributed by atoms with Gasteiger partial charge in [0.15, 0.2) is 11.1 Å². The zero-order valence-corrected chi connectivity index (χ0v) is 20.6. The van der Waals surface area contributed by atoms with Crippen LogP contribution < -0.4 is 10.1 Å². The first-order chi connectivity index (χ1) is 16.0. The van der Waals surface area contributed by atoms with E-state index in [4.69, 9.17) is 14.4 Å². The van der Waals surface area contributed by atoms with E-state index in [2.05, 4.69) is 5.32 Å². The molecule has 1 amide bonds. The molecule has 1 unspecified atom stereocenters. The fraction of sp³-hybridized carbons (Fsp3) is 0.680. The zero-order valence-electron chi connectivity index (χ0n) is 19.8. The van der Waals surface area contributed by atoms with E-state index in [1.54, 1.807) is 0 Å². The average molecular weight is 484 g/mol. The molecular formula is C25H41NO6S. The van der Waals surface area contributed by atoms with Gasteiger partial charge in [-0.3, -0.25) is 9.59 Å². The van der Waals surface area contributed by atoms with E-state index < -0.39 is 17.0 Å². The number of nitrogens with one attached hydrogen (secondary N) is 1. The highest BCUT2D eigenvalue weighted by atomic mass is 32.2. The van der Waals surface area contributed by atoms with Gasteiger partial charge in [-0.25, -0.2) is 4.21 Å². The summed E-state index contributed by atoms with van der Waals surface area (Å²) in [5, 5.41) is 11.5. The first-order valence-corrected chi connectivity index (χ1v) is 13.6. The predicted octanol–water partition coefficient (Wildman–Crippen LogP) is 6.16. The molecule has 0 spiro atoms. The molecule has 8 heteroatoms. The number of para-hydroxylation sites is 2. The molecule has 0 heterocycles. The van der Waals surface area contributed by atoms with Crippen LogP contribution in [0.1, 0.15) is 96.3 Å². The first-order valence-electron chi connectivity index (χ1n) is 12.3. The van der Waals surface area contributed by atoms with Gasteiger partial charge in [-0.15, -0.1) is 0 Å². The number of benzene rings is 1. The van der Waals surface area contributed by atoms with Crippen LogP contribution in [0.4, 0.5) is 5.69 Å². The number of unbranched alkanes of at least 4 members (excludes halogenated alkanes) is 11. The largest absolute Gasteiger partial charge is 0.491 e. The quantitative estimate of drug-likeness (QED) is 0.142. The molecule has 0 aliphatic carbocycles. The molecule has 7 nitrogen and oxygen atoms in total. The Labute approximate surface area is 201 Å². The predicted molar refractivity (Wildman–Crippen MR) is 133 cm³/mol. The van der Waals surface area contributed by atoms with Crippen molar-refractivity contribution >= 4 is 28.6 Å². The van der Waals surface area contributed by atoms with Gasteiger partial charge >= 0.3 is 5.97 Å². The van der Waals surface area contributed by atoms with Crippen LogP contribution in [0.25, 0.3) is 0 Å². The Kier molecular flexibility index (Phi) is 17.2. The lowest BCUT2D eigenvalue weighted by molar-refractivity contribution is -0.137. The summed E-state index contributed by atoms with van der Waals surface area (Å²) in [6.07, 6.45) is 13.8. The molecule has 33 heavy (non-hydrogen) atoms. The molecule has 0 aromatic heterocycles. The maximum Gasteiger partial charge on any atom is 0.303 e. The third-order valence-electron chi connectivity index (χ3n) is 5.43. The summed E-state index contributed by atoms with van der Waals surface area (Å²) in [6.45, 7) is 0.507. The minimum Gasteiger partial charge on any atom is -0.491 e. The normalized spacial score (nSPS) is 11.8. The fourth-order valence-corrected chi connectivity index (χ4v) is 4.02. The lowest BCUT2D eigenvalue weighted by Crippen LogP contribution is -2.12. The topological polar surface area (TPSA) is 113 Å². The van der Waals surface area contributed by atoms with Gasteiger partial charge in [-0.1, -0.05) is 63.5 Å². The van der Waals surface area contributed by atoms with Crippen LogP contribution in [0.2, 0.25) is 0 Å². The van der Waals surface area contributed by atoms with Gasteiger partial charge in [0.05, 0.1) is 12.3 Å². The van der Waals surface area contributed by atoms with Gasteiger partial charge in [0, 0.05) is 18.6 Å². The molecule has 1 aromatic carbocycles. The van der Waals surface area contributed by atoms with Gasteiger partial charge < -0.3 is 19.7 Å². The summed E-state index contributed by atoms with van der Waals surface area (Å²) in [6, 6.07) is 7.41. The van der Waals surface area contributed by atoms with Crippen molar-refractivity contribution in [3.05, 3.63) is 24.3 Å². The number of carbonyl (C=O) groups excluding carboxylic acids is 1. The Bertz CT molecular complexity index is 697. The number of ether oxygens (including phenoxy) is 1. The molecule has 0 fully saturated rings. The fourth-order valence-electron chi connectivity index (χ4n) is 3.57. The van der Waals surface area contributed by atoms with E-state index in [1.807, 2.05) is 24.3 Å². The molecule has 0 aliphatic rings. The van der Waals surface area contributed by atoms with Crippen LogP contribution in [0.15, 0.2) is 24.3 Å². The van der Waals surface area contributed by atoms with Crippen molar-refractivity contribution in [1.29, 1.82) is 0 Å². The van der Waals surface area contributed by atoms with Gasteiger partial charge in [0.2, 0.25) is 5.91 Å². The molecule has 3 N–H and O–H groups in total. The minimum absolute atomic E-state index is 0.00200. The van der Waals surface area contributed by atoms with Crippen LogP contribution in [-0.4, -0.2) is 38.1 Å². The maximum atomic E-state index is 12.3. The molecule has 1 rings (SSSR count). The van der Waals surface area contributed by atoms with Crippen LogP contribution in [0.3, 0.4) is 0 Å². The van der Waals surface area contributed by atoms with Crippen molar-refractivity contribution in [1.82, 2.24) is 0 Å². The Morgan fingerprint density at radius 3 is 1.94 bits per heavy atom. The Morgan fingerprint density at radius 2 is 1.33 bits per heavy atom. The standard InChI is InChI=1S/C25H41NO6S/c27-24(18-10-7-5-3-1-2-4-6-8-11-19-25(28)29)26-22-16-12-13-17-23(22)32-20-14-9-15-21-33(30)31/h12-13,16-17H,1-11,14-15,18-21H2,(H,26,27)(H,28,29)(H,30,31). The Balaban J connectivity index is 2.07. The number of hydrogen-bond donors (Lipinski definition) is 3. The van der Waals surface area contributed by atoms with E-state index in [0.717, 1.165) is 51.4 Å². The molecule has 0 saturated heterocycles. The average Bonchev–Trinajstić information content (AvgIpc) is 2.77. The number of carboxylic acid groups (broad SMARTS) is 1. The van der Waals surface area contributed by atoms with Crippen molar-refractivity contribution in [2.24, 2.45) is 0 Å². The van der Waals surface area contributed by atoms with Crippen molar-refractivity contribution in [2.75, 3.05) is 17.7 Å². The minimum atomic E-state index is -1.73. The SMILES string of the molecule is O=C(O)CCCCCCCCCCCCC(=O)Nc1ccccc1OCCCCCS(=O)O. The summed E-state index contributed by atoms with van der Waals surface area (Å²) in [4.78, 5) is 22.7. The van der Waals surface area contributed by atoms with Gasteiger partial charge in [0.25, 0.3) is 0 Å². The smallest absolute Gasteiger partial charge is 0.303 e. The highest BCUT2D eigenvalue weighted by Gasteiger charge is 2.07. The van der Waals surface area contributed by atoms with Crippen molar-refractivity contribution in [3.8, 4) is 5.75 Å². The molecule has 0 bridgehead atoms. The Morgan fingerprint density at radius 1 is 0.788 bits per heavy atom. The second kappa shape index (κ2) is 19.5. The van der Waals surface area contributed by atoms with Gasteiger partial charge in [-0.2, -0.15) is 0 Å². The first kappa shape index (κ1) is 29.1. The van der Waals surface area contributed by atoms with Crippen LogP contribution in [0.5, 0.6) is 5.75 Å². The van der Waals surface area contributed by atoms with Gasteiger partial charge in [0.1, 0.15) is 5.75 Å². The highest BCUT2D eigenvalue weighted by molar-refractivity contribution is 7.79. The van der Waals surface area contributed by atoms with Crippen LogP contribution >= 0.6 is 0 Å². The number of carboxylic acids is 1. The van der Waals surface area contributed by atoms with Crippen molar-refractivity contribution < 1.29 is 28.2 Å². The van der Waals surface area contributed by atoms with Crippen molar-refractivity contribution in [2.45, 2.75) is 96.3 Å². The van der Waals surface area contributed by atoms with E-state index in [1.165, 1.54) is 25.7 Å². The second-order valence-corrected chi connectivity index (χ2v) is 9.46. The van der Waals surface area contributed by atoms with E-state index in [0.29, 0.717) is 36.6 Å². The summed E-state index contributed by atoms with van der Waals surface area (Å²) in [5.41, 5.74) is 0.683. The molecule has 0 radical (unpaired) electrons. The highest BCUT2D eigenvalue weighted by Crippen LogP contribution is 2.24. The third-order valence-corrected chi connectivity index (χ3v) is 6.06. The van der Waals surface area contributed by atoms with Crippen molar-refractivity contribution in [3.63, 3.8) is 0 Å². The molecule has 0 aliphatic heterocycles. The maximum absolute atomic E-state index is 12.3. The lowest BCUT2D eigenvalue weighted by atomic mass is 10.1. The Hall–Kier alpha value is -1.93. The monoisotopic (exact) mass is 483 g/mol. The molecular weight excluding hydrogens is 442 g/mol. The molecule has 1 aromatic rings. The van der Waals surface area contributed by atoms with E-state index >= 15 is 0 Å². The summed E-state index contributed by atoms with van der Waals surface area (Å²) in [5.74, 6) is 0.240. The lowest BCUT2D eigenvalue weighted by Gasteiger charge is -2.12.